The summed E-state index contributed by atoms with van der Waals surface area (Å²) in [4.78, 5) is 0. The van der Waals surface area contributed by atoms with Crippen LogP contribution in [0.2, 0.25) is 0 Å². The Morgan fingerprint density at radius 1 is 1.00 bits per heavy atom. The highest BCUT2D eigenvalue weighted by atomic mass is 35.5. The van der Waals surface area contributed by atoms with E-state index in [1.807, 2.05) is 0 Å². The van der Waals surface area contributed by atoms with Gasteiger partial charge in [0.05, 0.1) is 6.61 Å². The molecule has 0 heterocycles. The molecular weight excluding hydrogens is 307 g/mol. The number of rotatable bonds is 4. The second-order valence-corrected chi connectivity index (χ2v) is 5.11. The fourth-order valence-corrected chi connectivity index (χ4v) is 2.31. The smallest absolute Gasteiger partial charge is 0.493 e. The van der Waals surface area contributed by atoms with Gasteiger partial charge in [0.15, 0.2) is 0 Å². The molecule has 1 aromatic rings. The molecule has 21 heavy (non-hydrogen) atoms. The second-order valence-electron chi connectivity index (χ2n) is 5.11. The van der Waals surface area contributed by atoms with E-state index in [1.54, 1.807) is 0 Å². The lowest BCUT2D eigenvalue weighted by molar-refractivity contribution is -0.274. The van der Waals surface area contributed by atoms with Crippen molar-refractivity contribution in [2.45, 2.75) is 38.1 Å². The third-order valence-electron chi connectivity index (χ3n) is 3.43. The van der Waals surface area contributed by atoms with Crippen LogP contribution in [0, 0.1) is 5.92 Å². The summed E-state index contributed by atoms with van der Waals surface area (Å²) in [5, 5.41) is 0. The quantitative estimate of drug-likeness (QED) is 0.913. The van der Waals surface area contributed by atoms with Crippen molar-refractivity contribution >= 4 is 12.4 Å². The fourth-order valence-electron chi connectivity index (χ4n) is 2.31. The van der Waals surface area contributed by atoms with Crippen molar-refractivity contribution in [1.82, 2.24) is 0 Å². The predicted molar refractivity (Wildman–Crippen MR) is 75.8 cm³/mol. The van der Waals surface area contributed by atoms with E-state index in [-0.39, 0.29) is 18.2 Å². The first kappa shape index (κ1) is 17.9. The molecule has 1 aromatic carbocycles. The van der Waals surface area contributed by atoms with Crippen LogP contribution in [0.5, 0.6) is 11.5 Å². The van der Waals surface area contributed by atoms with Gasteiger partial charge in [0.25, 0.3) is 0 Å². The fraction of sp³-hybridized carbons (Fsp3) is 0.571. The minimum Gasteiger partial charge on any atom is -0.493 e. The van der Waals surface area contributed by atoms with Gasteiger partial charge >= 0.3 is 6.36 Å². The molecule has 1 aliphatic carbocycles. The van der Waals surface area contributed by atoms with Crippen molar-refractivity contribution in [2.75, 3.05) is 6.61 Å². The van der Waals surface area contributed by atoms with Crippen LogP contribution in [0.4, 0.5) is 13.2 Å². The number of ether oxygens (including phenoxy) is 2. The van der Waals surface area contributed by atoms with Gasteiger partial charge in [-0.05, 0) is 55.9 Å². The maximum Gasteiger partial charge on any atom is 0.573 e. The van der Waals surface area contributed by atoms with Gasteiger partial charge in [-0.2, -0.15) is 0 Å². The van der Waals surface area contributed by atoms with E-state index >= 15 is 0 Å². The Kier molecular flexibility index (Phi) is 6.61. The van der Waals surface area contributed by atoms with Crippen LogP contribution in [0.3, 0.4) is 0 Å². The van der Waals surface area contributed by atoms with E-state index in [0.717, 1.165) is 25.7 Å². The molecule has 0 aliphatic heterocycles. The van der Waals surface area contributed by atoms with E-state index in [1.165, 1.54) is 24.3 Å². The summed E-state index contributed by atoms with van der Waals surface area (Å²) in [6.45, 7) is 0.576. The first-order valence-electron chi connectivity index (χ1n) is 6.66. The van der Waals surface area contributed by atoms with Gasteiger partial charge in [-0.3, -0.25) is 0 Å². The summed E-state index contributed by atoms with van der Waals surface area (Å²) in [5.74, 6) is 0.781. The number of hydrogen-bond donors (Lipinski definition) is 1. The zero-order chi connectivity index (χ0) is 14.6. The SMILES string of the molecule is Cl.NC1CCC(COc2ccc(OC(F)(F)F)cc2)CC1. The number of alkyl halides is 3. The van der Waals surface area contributed by atoms with Crippen molar-refractivity contribution in [3.63, 3.8) is 0 Å². The Morgan fingerprint density at radius 2 is 1.52 bits per heavy atom. The lowest BCUT2D eigenvalue weighted by Crippen LogP contribution is -2.28. The van der Waals surface area contributed by atoms with Crippen molar-refractivity contribution in [3.8, 4) is 11.5 Å². The van der Waals surface area contributed by atoms with Gasteiger partial charge in [-0.15, -0.1) is 25.6 Å². The zero-order valence-electron chi connectivity index (χ0n) is 11.4. The highest BCUT2D eigenvalue weighted by Gasteiger charge is 2.31. The summed E-state index contributed by atoms with van der Waals surface area (Å²) in [7, 11) is 0. The maximum absolute atomic E-state index is 12.0. The molecule has 0 atom stereocenters. The minimum absolute atomic E-state index is 0. The van der Waals surface area contributed by atoms with Crippen LogP contribution in [-0.4, -0.2) is 19.0 Å². The normalized spacial score (nSPS) is 22.3. The summed E-state index contributed by atoms with van der Waals surface area (Å²) in [5.41, 5.74) is 5.82. The van der Waals surface area contributed by atoms with Crippen molar-refractivity contribution in [2.24, 2.45) is 11.7 Å². The van der Waals surface area contributed by atoms with Gasteiger partial charge in [-0.1, -0.05) is 0 Å². The molecule has 0 saturated heterocycles. The van der Waals surface area contributed by atoms with E-state index in [9.17, 15) is 13.2 Å². The minimum atomic E-state index is -4.66. The average Bonchev–Trinajstić information content (AvgIpc) is 2.38. The van der Waals surface area contributed by atoms with Crippen LogP contribution in [-0.2, 0) is 0 Å². The number of halogens is 4. The molecule has 2 rings (SSSR count). The van der Waals surface area contributed by atoms with Gasteiger partial charge in [0.2, 0.25) is 0 Å². The Balaban J connectivity index is 0.00000220. The van der Waals surface area contributed by atoms with Crippen molar-refractivity contribution < 1.29 is 22.6 Å². The van der Waals surface area contributed by atoms with Crippen LogP contribution < -0.4 is 15.2 Å². The first-order valence-corrected chi connectivity index (χ1v) is 6.66. The molecular formula is C14H19ClF3NO2. The highest BCUT2D eigenvalue weighted by molar-refractivity contribution is 5.85. The molecule has 1 fully saturated rings. The summed E-state index contributed by atoms with van der Waals surface area (Å²) in [6.07, 6.45) is -0.575. The molecule has 0 amide bonds. The summed E-state index contributed by atoms with van der Waals surface area (Å²) >= 11 is 0. The molecule has 120 valence electrons. The summed E-state index contributed by atoms with van der Waals surface area (Å²) < 4.78 is 45.4. The summed E-state index contributed by atoms with van der Waals surface area (Å²) in [6, 6.07) is 5.76. The molecule has 0 aromatic heterocycles. The van der Waals surface area contributed by atoms with Gasteiger partial charge in [0.1, 0.15) is 11.5 Å². The van der Waals surface area contributed by atoms with E-state index in [0.29, 0.717) is 24.3 Å². The second kappa shape index (κ2) is 7.75. The standard InChI is InChI=1S/C14H18F3NO2.ClH/c15-14(16,17)20-13-7-5-12(6-8-13)19-9-10-1-3-11(18)4-2-10;/h5-8,10-11H,1-4,9,18H2;1H. The maximum atomic E-state index is 12.0. The predicted octanol–water partition coefficient (Wildman–Crippen LogP) is 3.90. The molecule has 0 spiro atoms. The third kappa shape index (κ3) is 6.44. The molecule has 3 nitrogen and oxygen atoms in total. The molecule has 0 unspecified atom stereocenters. The number of nitrogens with two attached hydrogens (primary N) is 1. The Labute approximate surface area is 128 Å². The lowest BCUT2D eigenvalue weighted by atomic mass is 9.87. The van der Waals surface area contributed by atoms with E-state index in [4.69, 9.17) is 10.5 Å². The molecule has 1 aliphatic rings. The molecule has 1 saturated carbocycles. The molecule has 2 N–H and O–H groups in total. The van der Waals surface area contributed by atoms with E-state index in [2.05, 4.69) is 4.74 Å². The van der Waals surface area contributed by atoms with E-state index < -0.39 is 6.36 Å². The average molecular weight is 326 g/mol. The number of hydrogen-bond acceptors (Lipinski definition) is 3. The topological polar surface area (TPSA) is 44.5 Å². The lowest BCUT2D eigenvalue weighted by Gasteiger charge is -2.25. The van der Waals surface area contributed by atoms with Crippen LogP contribution in [0.15, 0.2) is 24.3 Å². The molecule has 7 heteroatoms. The number of benzene rings is 1. The Morgan fingerprint density at radius 3 is 2.05 bits per heavy atom. The molecule has 0 bridgehead atoms. The monoisotopic (exact) mass is 325 g/mol. The Bertz CT molecular complexity index is 417. The molecule has 0 radical (unpaired) electrons. The van der Waals surface area contributed by atoms with Crippen LogP contribution in [0.1, 0.15) is 25.7 Å². The first-order chi connectivity index (χ1) is 9.42. The largest absolute Gasteiger partial charge is 0.573 e. The third-order valence-corrected chi connectivity index (χ3v) is 3.43. The zero-order valence-corrected chi connectivity index (χ0v) is 12.3. The van der Waals surface area contributed by atoms with Crippen molar-refractivity contribution in [1.29, 1.82) is 0 Å². The van der Waals surface area contributed by atoms with Crippen LogP contribution >= 0.6 is 12.4 Å². The highest BCUT2D eigenvalue weighted by Crippen LogP contribution is 2.27. The van der Waals surface area contributed by atoms with Crippen molar-refractivity contribution in [3.05, 3.63) is 24.3 Å². The van der Waals surface area contributed by atoms with Gasteiger partial charge in [0, 0.05) is 6.04 Å². The van der Waals surface area contributed by atoms with Crippen LogP contribution in [0.25, 0.3) is 0 Å². The van der Waals surface area contributed by atoms with Gasteiger partial charge in [-0.25, -0.2) is 0 Å². The Hall–Kier alpha value is -1.14. The van der Waals surface area contributed by atoms with Gasteiger partial charge < -0.3 is 15.2 Å².